The first kappa shape index (κ1) is 13.1. The molecule has 106 valence electrons. The van der Waals surface area contributed by atoms with Crippen LogP contribution in [0.25, 0.3) is 11.0 Å². The Kier molecular flexibility index (Phi) is 3.06. The van der Waals surface area contributed by atoms with Crippen molar-refractivity contribution in [2.24, 2.45) is 7.05 Å². The van der Waals surface area contributed by atoms with Crippen LogP contribution in [-0.4, -0.2) is 11.1 Å². The molecule has 0 fully saturated rings. The Bertz CT molecular complexity index is 842. The number of rotatable bonds is 3. The number of halogens is 1. The van der Waals surface area contributed by atoms with Gasteiger partial charge in [0, 0.05) is 6.07 Å². The number of carboxylic acid groups (broad SMARTS) is 1. The van der Waals surface area contributed by atoms with E-state index in [1.807, 2.05) is 0 Å². The number of benzene rings is 1. The molecule has 2 aromatic heterocycles. The maximum atomic E-state index is 13.8. The summed E-state index contributed by atoms with van der Waals surface area (Å²) in [6.07, 6.45) is 1.46. The van der Waals surface area contributed by atoms with Gasteiger partial charge >= 0.3 is 5.97 Å². The molecule has 21 heavy (non-hydrogen) atoms. The molecule has 3 aromatic rings. The number of nitrogens with one attached hydrogen (secondary N) is 1. The second kappa shape index (κ2) is 4.90. The Morgan fingerprint density at radius 2 is 2.10 bits per heavy atom. The number of fused-ring (bicyclic) bond motifs is 1. The number of aromatic carboxylic acids is 1. The first-order valence-corrected chi connectivity index (χ1v) is 6.23. The van der Waals surface area contributed by atoms with Gasteiger partial charge in [0.25, 0.3) is 5.82 Å². The molecule has 0 radical (unpaired) electrons. The van der Waals surface area contributed by atoms with Crippen molar-refractivity contribution in [3.63, 3.8) is 0 Å². The summed E-state index contributed by atoms with van der Waals surface area (Å²) in [5.41, 5.74) is 0.721. The average Bonchev–Trinajstić information content (AvgIpc) is 2.91. The molecule has 6 heteroatoms. The Morgan fingerprint density at radius 3 is 2.81 bits per heavy atom. The van der Waals surface area contributed by atoms with Gasteiger partial charge in [0.1, 0.15) is 11.0 Å². The van der Waals surface area contributed by atoms with Crippen LogP contribution in [-0.2, 0) is 7.05 Å². The minimum Gasteiger partial charge on any atom is -0.475 e. The number of hydrogen-bond acceptors (Lipinski definition) is 3. The van der Waals surface area contributed by atoms with Gasteiger partial charge < -0.3 is 9.52 Å². The third-order valence-electron chi connectivity index (χ3n) is 3.26. The molecule has 1 aromatic carbocycles. The molecule has 0 aliphatic heterocycles. The van der Waals surface area contributed by atoms with E-state index in [0.29, 0.717) is 16.8 Å². The van der Waals surface area contributed by atoms with E-state index in [0.717, 1.165) is 0 Å². The predicted molar refractivity (Wildman–Crippen MR) is 74.0 cm³/mol. The molecule has 0 aliphatic rings. The molecule has 0 amide bonds. The highest BCUT2D eigenvalue weighted by molar-refractivity contribution is 5.93. The number of carbonyl (C=O) groups is 1. The lowest BCUT2D eigenvalue weighted by Crippen LogP contribution is -2.39. The van der Waals surface area contributed by atoms with Crippen LogP contribution in [0.3, 0.4) is 0 Å². The zero-order chi connectivity index (χ0) is 15.0. The number of aromatic nitrogens is 1. The summed E-state index contributed by atoms with van der Waals surface area (Å²) in [6, 6.07) is 9.32. The van der Waals surface area contributed by atoms with Crippen molar-refractivity contribution in [1.82, 2.24) is 0 Å². The van der Waals surface area contributed by atoms with Crippen LogP contribution in [0, 0.1) is 5.82 Å². The van der Waals surface area contributed by atoms with Crippen LogP contribution < -0.4 is 9.88 Å². The van der Waals surface area contributed by atoms with E-state index in [1.165, 1.54) is 23.0 Å². The van der Waals surface area contributed by atoms with Crippen molar-refractivity contribution in [2.75, 3.05) is 5.32 Å². The van der Waals surface area contributed by atoms with Crippen LogP contribution >= 0.6 is 0 Å². The van der Waals surface area contributed by atoms with Crippen LogP contribution in [0.1, 0.15) is 10.5 Å². The van der Waals surface area contributed by atoms with Crippen LogP contribution in [0.2, 0.25) is 0 Å². The molecule has 2 heterocycles. The van der Waals surface area contributed by atoms with E-state index in [4.69, 9.17) is 4.42 Å². The minimum absolute atomic E-state index is 0.0382. The molecule has 0 atom stereocenters. The lowest BCUT2D eigenvalue weighted by Gasteiger charge is -2.07. The summed E-state index contributed by atoms with van der Waals surface area (Å²) in [6.45, 7) is 0. The zero-order valence-electron chi connectivity index (χ0n) is 11.1. The van der Waals surface area contributed by atoms with Crippen molar-refractivity contribution in [3.8, 4) is 0 Å². The summed E-state index contributed by atoms with van der Waals surface area (Å²) in [5.74, 6) is -1.06. The van der Waals surface area contributed by atoms with Crippen molar-refractivity contribution in [3.05, 3.63) is 54.2 Å². The lowest BCUT2D eigenvalue weighted by atomic mass is 10.2. The first-order chi connectivity index (χ1) is 10.1. The number of anilines is 2. The monoisotopic (exact) mass is 287 g/mol. The number of furan rings is 1. The van der Waals surface area contributed by atoms with Crippen molar-refractivity contribution >= 4 is 28.4 Å². The molecule has 0 saturated carbocycles. The fourth-order valence-corrected chi connectivity index (χ4v) is 2.20. The summed E-state index contributed by atoms with van der Waals surface area (Å²) in [7, 11) is 1.60. The summed E-state index contributed by atoms with van der Waals surface area (Å²) >= 11 is 0. The third-order valence-corrected chi connectivity index (χ3v) is 3.26. The maximum absolute atomic E-state index is 13.8. The van der Waals surface area contributed by atoms with E-state index in [9.17, 15) is 14.3 Å². The average molecular weight is 287 g/mol. The lowest BCUT2D eigenvalue weighted by molar-refractivity contribution is -0.658. The van der Waals surface area contributed by atoms with E-state index in [2.05, 4.69) is 5.32 Å². The first-order valence-electron chi connectivity index (χ1n) is 6.23. The molecule has 0 saturated heterocycles. The zero-order valence-corrected chi connectivity index (χ0v) is 11.1. The van der Waals surface area contributed by atoms with Gasteiger partial charge in [-0.05, 0) is 18.2 Å². The molecule has 2 N–H and O–H groups in total. The number of carboxylic acids is 1. The Hall–Kier alpha value is -2.89. The van der Waals surface area contributed by atoms with Crippen molar-refractivity contribution in [2.45, 2.75) is 0 Å². The molecule has 0 bridgehead atoms. The van der Waals surface area contributed by atoms with E-state index in [1.54, 1.807) is 31.3 Å². The third kappa shape index (κ3) is 2.20. The Labute approximate surface area is 119 Å². The van der Waals surface area contributed by atoms with Crippen molar-refractivity contribution in [1.29, 1.82) is 0 Å². The number of nitrogens with zero attached hydrogens (tertiary/aromatic N) is 1. The molecule has 0 spiro atoms. The van der Waals surface area contributed by atoms with Gasteiger partial charge in [-0.15, -0.1) is 0 Å². The standard InChI is InChI=1S/C15H11FN2O3/c1-18-12(15(19)20)8-13-9(6-7-21-13)14(18)17-11-5-3-2-4-10(11)16/h2-8H,1H3,(H,19,20)/p+1. The Morgan fingerprint density at radius 1 is 1.33 bits per heavy atom. The predicted octanol–water partition coefficient (Wildman–Crippen LogP) is 2.84. The van der Waals surface area contributed by atoms with Gasteiger partial charge in [-0.2, -0.15) is 0 Å². The van der Waals surface area contributed by atoms with Crippen molar-refractivity contribution < 1.29 is 23.3 Å². The quantitative estimate of drug-likeness (QED) is 0.727. The molecule has 0 unspecified atom stereocenters. The normalized spacial score (nSPS) is 10.8. The van der Waals surface area contributed by atoms with Gasteiger partial charge in [-0.25, -0.2) is 19.1 Å². The molecule has 0 aliphatic carbocycles. The smallest absolute Gasteiger partial charge is 0.376 e. The number of pyridine rings is 1. The maximum Gasteiger partial charge on any atom is 0.376 e. The summed E-state index contributed by atoms with van der Waals surface area (Å²) < 4.78 is 20.5. The highest BCUT2D eigenvalue weighted by Gasteiger charge is 2.23. The van der Waals surface area contributed by atoms with Gasteiger partial charge in [0.05, 0.1) is 13.3 Å². The second-order valence-corrected chi connectivity index (χ2v) is 4.55. The van der Waals surface area contributed by atoms with E-state index >= 15 is 0 Å². The summed E-state index contributed by atoms with van der Waals surface area (Å²) in [5, 5.41) is 12.8. The van der Waals surface area contributed by atoms with Gasteiger partial charge in [-0.1, -0.05) is 12.1 Å². The molecular formula is C15H12FN2O3+. The largest absolute Gasteiger partial charge is 0.475 e. The SMILES string of the molecule is C[n+]1c(C(=O)O)cc2occc2c1Nc1ccccc1F. The molecule has 5 nitrogen and oxygen atoms in total. The molecule has 3 rings (SSSR count). The fraction of sp³-hybridized carbons (Fsp3) is 0.0667. The van der Waals surface area contributed by atoms with Gasteiger partial charge in [-0.3, -0.25) is 0 Å². The van der Waals surface area contributed by atoms with Gasteiger partial charge in [0.15, 0.2) is 11.5 Å². The van der Waals surface area contributed by atoms with E-state index < -0.39 is 11.8 Å². The van der Waals surface area contributed by atoms with Crippen LogP contribution in [0.15, 0.2) is 47.1 Å². The second-order valence-electron chi connectivity index (χ2n) is 4.55. The topological polar surface area (TPSA) is 66.3 Å². The van der Waals surface area contributed by atoms with Crippen LogP contribution in [0.4, 0.5) is 15.9 Å². The minimum atomic E-state index is -1.09. The van der Waals surface area contributed by atoms with Crippen LogP contribution in [0.5, 0.6) is 0 Å². The summed E-state index contributed by atoms with van der Waals surface area (Å²) in [4.78, 5) is 11.3. The Balaban J connectivity index is 2.21. The highest BCUT2D eigenvalue weighted by atomic mass is 19.1. The van der Waals surface area contributed by atoms with Gasteiger partial charge in [0.2, 0.25) is 5.69 Å². The number of para-hydroxylation sites is 1. The highest BCUT2D eigenvalue weighted by Crippen LogP contribution is 2.26. The molecular weight excluding hydrogens is 275 g/mol. The van der Waals surface area contributed by atoms with E-state index in [-0.39, 0.29) is 11.4 Å². The number of hydrogen-bond donors (Lipinski definition) is 2. The fourth-order valence-electron chi connectivity index (χ4n) is 2.20.